The molecule has 0 radical (unpaired) electrons. The Morgan fingerprint density at radius 1 is 1.12 bits per heavy atom. The van der Waals surface area contributed by atoms with E-state index in [1.165, 1.54) is 0 Å². The van der Waals surface area contributed by atoms with Crippen molar-refractivity contribution in [3.05, 3.63) is 87.1 Å². The van der Waals surface area contributed by atoms with Gasteiger partial charge in [-0.25, -0.2) is 5.43 Å². The number of hydrogen-bond donors (Lipinski definition) is 1. The van der Waals surface area contributed by atoms with E-state index in [-0.39, 0.29) is 5.91 Å². The Hall–Kier alpha value is -2.08. The quantitative estimate of drug-likeness (QED) is 0.320. The molecule has 2 aromatic carbocycles. The second-order valence-corrected chi connectivity index (χ2v) is 7.99. The number of thioether (sulfide) groups is 1. The van der Waals surface area contributed by atoms with E-state index in [9.17, 15) is 4.79 Å². The van der Waals surface area contributed by atoms with Gasteiger partial charge in [0.15, 0.2) is 0 Å². The second-order valence-electron chi connectivity index (χ2n) is 5.55. The lowest BCUT2D eigenvalue weighted by Gasteiger charge is -2.05. The van der Waals surface area contributed by atoms with Gasteiger partial charge in [0, 0.05) is 26.1 Å². The minimum atomic E-state index is -0.210. The Morgan fingerprint density at radius 2 is 1.85 bits per heavy atom. The van der Waals surface area contributed by atoms with Gasteiger partial charge in [-0.1, -0.05) is 29.8 Å². The van der Waals surface area contributed by atoms with Gasteiger partial charge in [0.2, 0.25) is 0 Å². The highest BCUT2D eigenvalue weighted by atomic mass is 35.5. The van der Waals surface area contributed by atoms with E-state index in [2.05, 4.69) is 10.5 Å². The van der Waals surface area contributed by atoms with Gasteiger partial charge in [-0.2, -0.15) is 5.10 Å². The summed E-state index contributed by atoms with van der Waals surface area (Å²) in [6.45, 7) is 1.88. The Labute approximate surface area is 166 Å². The molecule has 1 N–H and O–H groups in total. The summed E-state index contributed by atoms with van der Waals surface area (Å²) in [6, 6.07) is 19.3. The fourth-order valence-corrected chi connectivity index (χ4v) is 3.85. The average Bonchev–Trinajstić information content (AvgIpc) is 3.21. The largest absolute Gasteiger partial charge is 0.271 e. The van der Waals surface area contributed by atoms with Crippen LogP contribution in [-0.4, -0.2) is 11.6 Å². The number of thiophene rings is 1. The zero-order valence-electron chi connectivity index (χ0n) is 14.1. The summed E-state index contributed by atoms with van der Waals surface area (Å²) >= 11 is 9.22. The molecule has 0 aliphatic carbocycles. The Balaban J connectivity index is 1.55. The summed E-state index contributed by atoms with van der Waals surface area (Å²) in [7, 11) is 0. The lowest BCUT2D eigenvalue weighted by molar-refractivity contribution is 0.0955. The van der Waals surface area contributed by atoms with Crippen LogP contribution in [0.4, 0.5) is 0 Å². The highest BCUT2D eigenvalue weighted by molar-refractivity contribution is 7.98. The molecule has 132 valence electrons. The Bertz CT molecular complexity index is 889. The molecular weight excluding hydrogens is 384 g/mol. The van der Waals surface area contributed by atoms with Gasteiger partial charge >= 0.3 is 0 Å². The van der Waals surface area contributed by atoms with Crippen LogP contribution in [0.25, 0.3) is 0 Å². The smallest absolute Gasteiger partial charge is 0.267 e. The lowest BCUT2D eigenvalue weighted by atomic mass is 10.1. The fourth-order valence-electron chi connectivity index (χ4n) is 2.19. The van der Waals surface area contributed by atoms with Crippen molar-refractivity contribution in [3.8, 4) is 0 Å². The number of benzene rings is 2. The molecule has 0 bridgehead atoms. The monoisotopic (exact) mass is 400 g/mol. The predicted octanol–water partition coefficient (Wildman–Crippen LogP) is 5.85. The Morgan fingerprint density at radius 3 is 2.50 bits per heavy atom. The van der Waals surface area contributed by atoms with Crippen LogP contribution in [0.5, 0.6) is 0 Å². The summed E-state index contributed by atoms with van der Waals surface area (Å²) < 4.78 is 0. The van der Waals surface area contributed by atoms with E-state index in [0.29, 0.717) is 5.56 Å². The molecule has 3 rings (SSSR count). The van der Waals surface area contributed by atoms with E-state index in [1.807, 2.05) is 73.0 Å². The van der Waals surface area contributed by atoms with Gasteiger partial charge < -0.3 is 0 Å². The van der Waals surface area contributed by atoms with Gasteiger partial charge in [0.25, 0.3) is 5.91 Å². The molecule has 3 nitrogen and oxygen atoms in total. The van der Waals surface area contributed by atoms with Crippen LogP contribution < -0.4 is 5.43 Å². The molecule has 26 heavy (non-hydrogen) atoms. The first kappa shape index (κ1) is 18.7. The lowest BCUT2D eigenvalue weighted by Crippen LogP contribution is -2.19. The topological polar surface area (TPSA) is 41.5 Å². The van der Waals surface area contributed by atoms with E-state index >= 15 is 0 Å². The van der Waals surface area contributed by atoms with Gasteiger partial charge in [0.1, 0.15) is 0 Å². The first-order valence-electron chi connectivity index (χ1n) is 7.97. The first-order valence-corrected chi connectivity index (χ1v) is 10.2. The molecule has 0 atom stereocenters. The van der Waals surface area contributed by atoms with Crippen molar-refractivity contribution >= 4 is 46.3 Å². The number of nitrogens with zero attached hydrogens (tertiary/aromatic N) is 1. The number of carbonyl (C=O) groups is 1. The molecule has 0 fully saturated rings. The van der Waals surface area contributed by atoms with Gasteiger partial charge in [-0.3, -0.25) is 4.79 Å². The molecule has 0 saturated heterocycles. The first-order chi connectivity index (χ1) is 12.6. The molecular formula is C20H17ClN2OS2. The zero-order valence-corrected chi connectivity index (χ0v) is 16.5. The van der Waals surface area contributed by atoms with Crippen LogP contribution in [0.15, 0.2) is 76.0 Å². The summed E-state index contributed by atoms with van der Waals surface area (Å²) in [4.78, 5) is 14.4. The number of amides is 1. The highest BCUT2D eigenvalue weighted by Crippen LogP contribution is 2.24. The van der Waals surface area contributed by atoms with Gasteiger partial charge in [-0.15, -0.1) is 23.1 Å². The van der Waals surface area contributed by atoms with E-state index in [1.54, 1.807) is 23.1 Å². The van der Waals surface area contributed by atoms with Crippen molar-refractivity contribution in [3.63, 3.8) is 0 Å². The third kappa shape index (κ3) is 5.21. The molecule has 3 aromatic rings. The normalized spacial score (nSPS) is 11.4. The van der Waals surface area contributed by atoms with Crippen molar-refractivity contribution in [1.29, 1.82) is 0 Å². The van der Waals surface area contributed by atoms with E-state index < -0.39 is 0 Å². The molecule has 1 amide bonds. The summed E-state index contributed by atoms with van der Waals surface area (Å²) in [5, 5.41) is 6.88. The number of rotatable bonds is 6. The molecule has 6 heteroatoms. The van der Waals surface area contributed by atoms with E-state index in [0.717, 1.165) is 31.8 Å². The van der Waals surface area contributed by atoms with Crippen LogP contribution in [0.1, 0.15) is 27.7 Å². The number of carbonyl (C=O) groups excluding carboxylic acids is 1. The van der Waals surface area contributed by atoms with E-state index in [4.69, 9.17) is 11.6 Å². The molecule has 1 heterocycles. The van der Waals surface area contributed by atoms with Crippen LogP contribution in [0.3, 0.4) is 0 Å². The number of hydrogen-bond acceptors (Lipinski definition) is 4. The van der Waals surface area contributed by atoms with Crippen molar-refractivity contribution in [2.45, 2.75) is 17.6 Å². The van der Waals surface area contributed by atoms with Gasteiger partial charge in [-0.05, 0) is 60.3 Å². The fraction of sp³-hybridized carbons (Fsp3) is 0.100. The third-order valence-electron chi connectivity index (χ3n) is 3.64. The molecule has 0 spiro atoms. The SMILES string of the molecule is C/C(=N/NC(=O)c1ccc(CSc2ccc(Cl)cc2)cc1)c1cccs1. The number of halogens is 1. The predicted molar refractivity (Wildman–Crippen MR) is 111 cm³/mol. The van der Waals surface area contributed by atoms with Crippen LogP contribution >= 0.6 is 34.7 Å². The molecule has 0 aliphatic heterocycles. The minimum Gasteiger partial charge on any atom is -0.267 e. The summed E-state index contributed by atoms with van der Waals surface area (Å²) in [6.07, 6.45) is 0. The maximum absolute atomic E-state index is 12.2. The van der Waals surface area contributed by atoms with Crippen molar-refractivity contribution < 1.29 is 4.79 Å². The number of hydrazone groups is 1. The highest BCUT2D eigenvalue weighted by Gasteiger charge is 2.06. The number of nitrogens with one attached hydrogen (secondary N) is 1. The maximum atomic E-state index is 12.2. The average molecular weight is 401 g/mol. The summed E-state index contributed by atoms with van der Waals surface area (Å²) in [5.41, 5.74) is 5.15. The van der Waals surface area contributed by atoms with Crippen molar-refractivity contribution in [2.24, 2.45) is 5.10 Å². The maximum Gasteiger partial charge on any atom is 0.271 e. The standard InChI is InChI=1S/C20H17ClN2OS2/c1-14(19-3-2-12-25-19)22-23-20(24)16-6-4-15(5-7-16)13-26-18-10-8-17(21)9-11-18/h2-12H,13H2,1H3,(H,23,24)/b22-14-. The minimum absolute atomic E-state index is 0.210. The van der Waals surface area contributed by atoms with Crippen LogP contribution in [0.2, 0.25) is 5.02 Å². The van der Waals surface area contributed by atoms with Crippen LogP contribution in [-0.2, 0) is 5.75 Å². The van der Waals surface area contributed by atoms with Crippen molar-refractivity contribution in [2.75, 3.05) is 0 Å². The molecule has 0 saturated carbocycles. The second kappa shape index (κ2) is 9.03. The zero-order chi connectivity index (χ0) is 18.4. The third-order valence-corrected chi connectivity index (χ3v) is 5.95. The Kier molecular flexibility index (Phi) is 6.50. The van der Waals surface area contributed by atoms with Gasteiger partial charge in [0.05, 0.1) is 5.71 Å². The van der Waals surface area contributed by atoms with Crippen molar-refractivity contribution in [1.82, 2.24) is 5.43 Å². The molecule has 0 unspecified atom stereocenters. The molecule has 0 aliphatic rings. The summed E-state index contributed by atoms with van der Waals surface area (Å²) in [5.74, 6) is 0.622. The molecule has 1 aromatic heterocycles. The van der Waals surface area contributed by atoms with Crippen LogP contribution in [0, 0.1) is 0 Å².